The van der Waals surface area contributed by atoms with Gasteiger partial charge in [0.05, 0.1) is 17.6 Å². The van der Waals surface area contributed by atoms with E-state index < -0.39 is 5.97 Å². The van der Waals surface area contributed by atoms with Crippen molar-refractivity contribution in [2.45, 2.75) is 0 Å². The van der Waals surface area contributed by atoms with Crippen molar-refractivity contribution in [2.24, 2.45) is 0 Å². The Bertz CT molecular complexity index is 427. The number of rotatable bonds is 2. The smallest absolute Gasteiger partial charge is 0.371 e. The largest absolute Gasteiger partial charge is 0.463 e. The summed E-state index contributed by atoms with van der Waals surface area (Å²) >= 11 is 0. The third-order valence-electron chi connectivity index (χ3n) is 1.80. The number of nitro groups is 1. The number of ether oxygens (including phenoxy) is 1. The van der Waals surface area contributed by atoms with Gasteiger partial charge in [-0.05, 0) is 11.6 Å². The molecule has 6 nitrogen and oxygen atoms in total. The maximum absolute atomic E-state index is 10.0. The Morgan fingerprint density at radius 1 is 1.53 bits per heavy atom. The van der Waals surface area contributed by atoms with Gasteiger partial charge in [0.25, 0.3) is 5.69 Å². The molecular formula is C9H7NO5. The van der Waals surface area contributed by atoms with E-state index in [9.17, 15) is 19.7 Å². The van der Waals surface area contributed by atoms with Gasteiger partial charge in [-0.25, -0.2) is 4.79 Å². The molecule has 2 rings (SSSR count). The van der Waals surface area contributed by atoms with Gasteiger partial charge in [-0.2, -0.15) is 0 Å². The van der Waals surface area contributed by atoms with Crippen LogP contribution in [0.4, 0.5) is 5.69 Å². The summed E-state index contributed by atoms with van der Waals surface area (Å²) in [7, 11) is 1.15. The molecule has 0 saturated heterocycles. The summed E-state index contributed by atoms with van der Waals surface area (Å²) in [5.74, 6) is -0.838. The first-order valence-corrected chi connectivity index (χ1v) is 3.92. The van der Waals surface area contributed by atoms with Crippen LogP contribution < -0.4 is 0 Å². The number of benzene rings is 1. The van der Waals surface area contributed by atoms with E-state index in [1.54, 1.807) is 12.1 Å². The number of nitro benzene ring substituents is 1. The Balaban J connectivity index is 0.000000167. The van der Waals surface area contributed by atoms with E-state index in [-0.39, 0.29) is 16.9 Å². The first-order chi connectivity index (χ1) is 7.10. The lowest BCUT2D eigenvalue weighted by Crippen LogP contribution is -1.99. The molecule has 6 heteroatoms. The monoisotopic (exact) mass is 209 g/mol. The van der Waals surface area contributed by atoms with Crippen LogP contribution in [0.1, 0.15) is 0 Å². The van der Waals surface area contributed by atoms with Gasteiger partial charge in [0, 0.05) is 6.07 Å². The molecule has 0 fully saturated rings. The summed E-state index contributed by atoms with van der Waals surface area (Å²) in [6.45, 7) is 0. The summed E-state index contributed by atoms with van der Waals surface area (Å²) in [5, 5.41) is 10.0. The third-order valence-corrected chi connectivity index (χ3v) is 1.80. The standard InChI is InChI=1S/C6H3NO2.C3H4O3/c8-7(9)6-3-4-1-2-5(4)6;1-6-3(5)2-4/h1-3H;2H,1H3. The van der Waals surface area contributed by atoms with Crippen molar-refractivity contribution in [1.82, 2.24) is 0 Å². The number of aldehydes is 1. The van der Waals surface area contributed by atoms with Gasteiger partial charge in [-0.15, -0.1) is 0 Å². The zero-order chi connectivity index (χ0) is 11.4. The highest BCUT2D eigenvalue weighted by atomic mass is 16.6. The normalized spacial score (nSPS) is 9.40. The molecule has 15 heavy (non-hydrogen) atoms. The van der Waals surface area contributed by atoms with Gasteiger partial charge in [0.15, 0.2) is 0 Å². The first kappa shape index (κ1) is 10.8. The molecule has 0 saturated carbocycles. The van der Waals surface area contributed by atoms with Crippen molar-refractivity contribution in [2.75, 3.05) is 7.11 Å². The van der Waals surface area contributed by atoms with E-state index in [1.165, 1.54) is 0 Å². The van der Waals surface area contributed by atoms with Gasteiger partial charge in [0.1, 0.15) is 0 Å². The highest BCUT2D eigenvalue weighted by molar-refractivity contribution is 6.20. The Hall–Kier alpha value is -2.24. The maximum atomic E-state index is 10.0. The molecule has 0 bridgehead atoms. The summed E-state index contributed by atoms with van der Waals surface area (Å²) < 4.78 is 3.89. The molecular weight excluding hydrogens is 202 g/mol. The van der Waals surface area contributed by atoms with Crippen LogP contribution in [0.2, 0.25) is 0 Å². The predicted octanol–water partition coefficient (Wildman–Crippen LogP) is 0.934. The topological polar surface area (TPSA) is 86.5 Å². The van der Waals surface area contributed by atoms with Crippen LogP contribution in [-0.4, -0.2) is 24.3 Å². The van der Waals surface area contributed by atoms with Crippen LogP contribution in [-0.2, 0) is 14.3 Å². The molecule has 0 N–H and O–H groups in total. The second-order valence-corrected chi connectivity index (χ2v) is 2.63. The lowest BCUT2D eigenvalue weighted by molar-refractivity contribution is -0.385. The Kier molecular flexibility index (Phi) is 3.12. The average molecular weight is 209 g/mol. The fourth-order valence-corrected chi connectivity index (χ4v) is 0.968. The second-order valence-electron chi connectivity index (χ2n) is 2.63. The quantitative estimate of drug-likeness (QED) is 0.241. The Labute approximate surface area is 84.6 Å². The number of hydrogen-bond acceptors (Lipinski definition) is 5. The predicted molar refractivity (Wildman–Crippen MR) is 50.2 cm³/mol. The molecule has 0 spiro atoms. The van der Waals surface area contributed by atoms with Gasteiger partial charge in [-0.1, -0.05) is 6.07 Å². The summed E-state index contributed by atoms with van der Waals surface area (Å²) in [6, 6.07) is 5.20. The zero-order valence-corrected chi connectivity index (χ0v) is 7.80. The molecule has 78 valence electrons. The molecule has 0 aromatic rings. The SMILES string of the molecule is COC(=O)C=O.O=[N+]([O-])c1cc2ccc1-2. The molecule has 0 amide bonds. The van der Waals surface area contributed by atoms with Crippen molar-refractivity contribution in [1.29, 1.82) is 0 Å². The van der Waals surface area contributed by atoms with Crippen LogP contribution in [0.15, 0.2) is 18.2 Å². The number of esters is 1. The van der Waals surface area contributed by atoms with Gasteiger partial charge >= 0.3 is 5.97 Å². The molecule has 0 radical (unpaired) electrons. The number of fused-ring (bicyclic) bond motifs is 1. The average Bonchev–Trinajstić information content (AvgIpc) is 2.21. The number of nitrogens with zero attached hydrogens (tertiary/aromatic N) is 1. The van der Waals surface area contributed by atoms with Crippen LogP contribution in [0.5, 0.6) is 0 Å². The zero-order valence-electron chi connectivity index (χ0n) is 7.80. The van der Waals surface area contributed by atoms with Crippen LogP contribution in [0.3, 0.4) is 0 Å². The van der Waals surface area contributed by atoms with E-state index in [0.29, 0.717) is 0 Å². The van der Waals surface area contributed by atoms with Gasteiger partial charge in [-0.3, -0.25) is 14.9 Å². The Morgan fingerprint density at radius 2 is 2.20 bits per heavy atom. The van der Waals surface area contributed by atoms with Crippen molar-refractivity contribution in [3.05, 3.63) is 28.3 Å². The minimum absolute atomic E-state index is 0.111. The Morgan fingerprint density at radius 3 is 2.27 bits per heavy atom. The molecule has 0 heterocycles. The molecule has 0 aromatic heterocycles. The van der Waals surface area contributed by atoms with E-state index >= 15 is 0 Å². The minimum Gasteiger partial charge on any atom is -0.463 e. The number of methoxy groups -OCH3 is 1. The molecule has 0 aliphatic heterocycles. The van der Waals surface area contributed by atoms with Crippen LogP contribution in [0.25, 0.3) is 11.1 Å². The van der Waals surface area contributed by atoms with E-state index in [2.05, 4.69) is 4.74 Å². The maximum Gasteiger partial charge on any atom is 0.371 e. The highest BCUT2D eigenvalue weighted by Gasteiger charge is 2.25. The lowest BCUT2D eigenvalue weighted by atomic mass is 9.91. The van der Waals surface area contributed by atoms with Gasteiger partial charge < -0.3 is 4.74 Å². The second kappa shape index (κ2) is 4.32. The lowest BCUT2D eigenvalue weighted by Gasteiger charge is -2.12. The van der Waals surface area contributed by atoms with Crippen molar-refractivity contribution in [3.63, 3.8) is 0 Å². The van der Waals surface area contributed by atoms with Crippen LogP contribution in [0, 0.1) is 10.1 Å². The molecule has 0 unspecified atom stereocenters. The summed E-state index contributed by atoms with van der Waals surface area (Å²) in [5.41, 5.74) is 2.08. The molecule has 0 aromatic carbocycles. The molecule has 2 aliphatic carbocycles. The molecule has 2 aliphatic rings. The highest BCUT2D eigenvalue weighted by Crippen LogP contribution is 2.41. The van der Waals surface area contributed by atoms with Crippen LogP contribution >= 0.6 is 0 Å². The minimum atomic E-state index is -0.838. The number of carbonyl (C=O) groups excluding carboxylic acids is 2. The first-order valence-electron chi connectivity index (χ1n) is 3.92. The van der Waals surface area contributed by atoms with Crippen molar-refractivity contribution >= 4 is 17.9 Å². The fourth-order valence-electron chi connectivity index (χ4n) is 0.968. The van der Waals surface area contributed by atoms with Crippen molar-refractivity contribution in [3.8, 4) is 11.1 Å². The summed E-state index contributed by atoms with van der Waals surface area (Å²) in [6.07, 6.45) is 0.111. The number of hydrogen-bond donors (Lipinski definition) is 0. The third kappa shape index (κ3) is 2.16. The molecule has 0 atom stereocenters. The van der Waals surface area contributed by atoms with Crippen molar-refractivity contribution < 1.29 is 19.2 Å². The number of carbonyl (C=O) groups is 2. The van der Waals surface area contributed by atoms with E-state index in [0.717, 1.165) is 18.2 Å². The fraction of sp³-hybridized carbons (Fsp3) is 0.111. The van der Waals surface area contributed by atoms with E-state index in [4.69, 9.17) is 0 Å². The van der Waals surface area contributed by atoms with E-state index in [1.807, 2.05) is 6.07 Å². The summed E-state index contributed by atoms with van der Waals surface area (Å²) in [4.78, 5) is 28.5. The van der Waals surface area contributed by atoms with Gasteiger partial charge in [0.2, 0.25) is 6.29 Å².